The first-order chi connectivity index (χ1) is 9.15. The van der Waals surface area contributed by atoms with Crippen LogP contribution in [0.4, 0.5) is 4.39 Å². The Balaban J connectivity index is 2.20. The summed E-state index contributed by atoms with van der Waals surface area (Å²) in [5, 5.41) is 9.78. The topological polar surface area (TPSA) is 50.4 Å². The van der Waals surface area contributed by atoms with Crippen LogP contribution in [-0.4, -0.2) is 11.1 Å². The second-order valence-corrected chi connectivity index (χ2v) is 4.15. The summed E-state index contributed by atoms with van der Waals surface area (Å²) in [6.45, 7) is 0. The summed E-state index contributed by atoms with van der Waals surface area (Å²) < 4.78 is 19.3. The molecule has 0 unspecified atom stereocenters. The number of aromatic carboxylic acids is 1. The van der Waals surface area contributed by atoms with Gasteiger partial charge in [0.25, 0.3) is 0 Å². The maximum atomic E-state index is 13.8. The molecule has 0 amide bonds. The third-order valence-electron chi connectivity index (χ3n) is 2.90. The van der Waals surface area contributed by atoms with E-state index >= 15 is 0 Å². The van der Waals surface area contributed by atoms with Crippen LogP contribution < -0.4 is 0 Å². The Kier molecular flexibility index (Phi) is 2.56. The minimum absolute atomic E-state index is 0.0249. The summed E-state index contributed by atoms with van der Waals surface area (Å²) in [7, 11) is 0. The number of carbonyl (C=O) groups is 1. The lowest BCUT2D eigenvalue weighted by Crippen LogP contribution is -1.97. The molecule has 2 aromatic carbocycles. The smallest absolute Gasteiger partial charge is 0.335 e. The first-order valence-corrected chi connectivity index (χ1v) is 5.67. The highest BCUT2D eigenvalue weighted by atomic mass is 19.1. The summed E-state index contributed by atoms with van der Waals surface area (Å²) >= 11 is 0. The van der Waals surface area contributed by atoms with Crippen molar-refractivity contribution in [1.82, 2.24) is 0 Å². The van der Waals surface area contributed by atoms with Crippen molar-refractivity contribution in [1.29, 1.82) is 0 Å². The van der Waals surface area contributed by atoms with E-state index in [2.05, 4.69) is 0 Å². The largest absolute Gasteiger partial charge is 0.478 e. The lowest BCUT2D eigenvalue weighted by atomic mass is 10.1. The Morgan fingerprint density at radius 2 is 1.89 bits per heavy atom. The van der Waals surface area contributed by atoms with Crippen LogP contribution in [0.5, 0.6) is 0 Å². The fourth-order valence-corrected chi connectivity index (χ4v) is 1.96. The van der Waals surface area contributed by atoms with Gasteiger partial charge in [-0.05, 0) is 30.3 Å². The number of para-hydroxylation sites is 1. The summed E-state index contributed by atoms with van der Waals surface area (Å²) in [6.07, 6.45) is 0. The second-order valence-electron chi connectivity index (χ2n) is 4.15. The normalized spacial score (nSPS) is 10.8. The molecule has 19 heavy (non-hydrogen) atoms. The molecule has 0 radical (unpaired) electrons. The van der Waals surface area contributed by atoms with Crippen molar-refractivity contribution in [3.63, 3.8) is 0 Å². The van der Waals surface area contributed by atoms with Crippen molar-refractivity contribution < 1.29 is 18.7 Å². The Labute approximate surface area is 107 Å². The highest BCUT2D eigenvalue weighted by molar-refractivity contribution is 5.90. The molecule has 0 fully saturated rings. The van der Waals surface area contributed by atoms with E-state index in [0.29, 0.717) is 11.3 Å². The van der Waals surface area contributed by atoms with Gasteiger partial charge in [0.05, 0.1) is 11.1 Å². The highest BCUT2D eigenvalue weighted by Crippen LogP contribution is 2.30. The van der Waals surface area contributed by atoms with E-state index in [1.54, 1.807) is 12.1 Å². The number of carboxylic acid groups (broad SMARTS) is 1. The van der Waals surface area contributed by atoms with Crippen LogP contribution in [0.3, 0.4) is 0 Å². The van der Waals surface area contributed by atoms with Gasteiger partial charge in [-0.2, -0.15) is 0 Å². The summed E-state index contributed by atoms with van der Waals surface area (Å²) in [4.78, 5) is 10.9. The maximum Gasteiger partial charge on any atom is 0.335 e. The van der Waals surface area contributed by atoms with Crippen molar-refractivity contribution in [2.24, 2.45) is 0 Å². The van der Waals surface area contributed by atoms with Gasteiger partial charge >= 0.3 is 5.97 Å². The lowest BCUT2D eigenvalue weighted by molar-refractivity contribution is 0.0697. The predicted octanol–water partition coefficient (Wildman–Crippen LogP) is 3.94. The number of hydrogen-bond acceptors (Lipinski definition) is 2. The average molecular weight is 256 g/mol. The summed E-state index contributed by atoms with van der Waals surface area (Å²) in [6, 6.07) is 12.6. The standard InChI is InChI=1S/C15H9FO3/c16-12-6-5-10(15(17)18)7-11(12)14-8-9-3-1-2-4-13(9)19-14/h1-8H,(H,17,18). The predicted molar refractivity (Wildman–Crippen MR) is 68.6 cm³/mol. The minimum atomic E-state index is -1.10. The average Bonchev–Trinajstić information content (AvgIpc) is 2.82. The van der Waals surface area contributed by atoms with Gasteiger partial charge in [0.2, 0.25) is 0 Å². The molecule has 1 aromatic heterocycles. The Morgan fingerprint density at radius 3 is 2.63 bits per heavy atom. The van der Waals surface area contributed by atoms with Gasteiger partial charge in [-0.1, -0.05) is 18.2 Å². The summed E-state index contributed by atoms with van der Waals surface area (Å²) in [5.74, 6) is -1.29. The Bertz CT molecular complexity index is 741. The number of rotatable bonds is 2. The van der Waals surface area contributed by atoms with Crippen LogP contribution in [0.2, 0.25) is 0 Å². The molecule has 4 heteroatoms. The van der Waals surface area contributed by atoms with Crippen molar-refractivity contribution in [2.75, 3.05) is 0 Å². The third-order valence-corrected chi connectivity index (χ3v) is 2.90. The molecule has 94 valence electrons. The number of fused-ring (bicyclic) bond motifs is 1. The van der Waals surface area contributed by atoms with Gasteiger partial charge < -0.3 is 9.52 Å². The molecule has 1 N–H and O–H groups in total. The zero-order valence-electron chi connectivity index (χ0n) is 9.76. The number of furan rings is 1. The second kappa shape index (κ2) is 4.24. The Morgan fingerprint density at radius 1 is 1.11 bits per heavy atom. The van der Waals surface area contributed by atoms with Crippen molar-refractivity contribution >= 4 is 16.9 Å². The van der Waals surface area contributed by atoms with Gasteiger partial charge in [-0.15, -0.1) is 0 Å². The molecule has 0 aliphatic carbocycles. The molecule has 0 saturated heterocycles. The van der Waals surface area contributed by atoms with Crippen molar-refractivity contribution in [3.8, 4) is 11.3 Å². The van der Waals surface area contributed by atoms with Gasteiger partial charge in [0, 0.05) is 5.39 Å². The van der Waals surface area contributed by atoms with E-state index in [9.17, 15) is 9.18 Å². The number of carboxylic acids is 1. The van der Waals surface area contributed by atoms with E-state index in [0.717, 1.165) is 11.5 Å². The number of hydrogen-bond donors (Lipinski definition) is 1. The van der Waals surface area contributed by atoms with Gasteiger partial charge in [0.1, 0.15) is 17.2 Å². The van der Waals surface area contributed by atoms with Crippen LogP contribution in [0.1, 0.15) is 10.4 Å². The van der Waals surface area contributed by atoms with Crippen LogP contribution in [0, 0.1) is 5.82 Å². The molecular weight excluding hydrogens is 247 g/mol. The lowest BCUT2D eigenvalue weighted by Gasteiger charge is -2.01. The quantitative estimate of drug-likeness (QED) is 0.755. The Hall–Kier alpha value is -2.62. The van der Waals surface area contributed by atoms with E-state index in [-0.39, 0.29) is 11.1 Å². The molecule has 0 saturated carbocycles. The van der Waals surface area contributed by atoms with E-state index < -0.39 is 11.8 Å². The molecule has 0 aliphatic rings. The zero-order chi connectivity index (χ0) is 13.4. The zero-order valence-corrected chi connectivity index (χ0v) is 9.76. The molecule has 0 spiro atoms. The van der Waals surface area contributed by atoms with Crippen molar-refractivity contribution in [2.45, 2.75) is 0 Å². The molecule has 3 nitrogen and oxygen atoms in total. The fraction of sp³-hybridized carbons (Fsp3) is 0. The van der Waals surface area contributed by atoms with E-state index in [1.807, 2.05) is 18.2 Å². The third kappa shape index (κ3) is 1.97. The van der Waals surface area contributed by atoms with E-state index in [4.69, 9.17) is 9.52 Å². The monoisotopic (exact) mass is 256 g/mol. The maximum absolute atomic E-state index is 13.8. The molecule has 0 atom stereocenters. The molecule has 1 heterocycles. The van der Waals surface area contributed by atoms with Gasteiger partial charge in [0.15, 0.2) is 0 Å². The van der Waals surface area contributed by atoms with Crippen molar-refractivity contribution in [3.05, 3.63) is 59.9 Å². The van der Waals surface area contributed by atoms with E-state index in [1.165, 1.54) is 12.1 Å². The van der Waals surface area contributed by atoms with Crippen LogP contribution >= 0.6 is 0 Å². The van der Waals surface area contributed by atoms with Crippen LogP contribution in [-0.2, 0) is 0 Å². The first-order valence-electron chi connectivity index (χ1n) is 5.67. The van der Waals surface area contributed by atoms with Crippen LogP contribution in [0.25, 0.3) is 22.3 Å². The van der Waals surface area contributed by atoms with Gasteiger partial charge in [-0.3, -0.25) is 0 Å². The molecule has 3 rings (SSSR count). The minimum Gasteiger partial charge on any atom is -0.478 e. The fourth-order valence-electron chi connectivity index (χ4n) is 1.96. The highest BCUT2D eigenvalue weighted by Gasteiger charge is 2.13. The molecule has 0 aliphatic heterocycles. The molecule has 0 bridgehead atoms. The number of benzene rings is 2. The first kappa shape index (κ1) is 11.5. The van der Waals surface area contributed by atoms with Crippen LogP contribution in [0.15, 0.2) is 52.9 Å². The summed E-state index contributed by atoms with van der Waals surface area (Å²) in [5.41, 5.74) is 0.811. The molecular formula is C15H9FO3. The van der Waals surface area contributed by atoms with Gasteiger partial charge in [-0.25, -0.2) is 9.18 Å². The molecule has 3 aromatic rings. The number of halogens is 1. The SMILES string of the molecule is O=C(O)c1ccc(F)c(-c2cc3ccccc3o2)c1.